The molecule has 3 amide bonds. The van der Waals surface area contributed by atoms with Gasteiger partial charge in [0.2, 0.25) is 18.0 Å². The van der Waals surface area contributed by atoms with E-state index in [1.807, 2.05) is 6.92 Å². The fourth-order valence-corrected chi connectivity index (χ4v) is 7.15. The quantitative estimate of drug-likeness (QED) is 0.161. The minimum absolute atomic E-state index is 0.0802. The molecule has 19 nitrogen and oxygen atoms in total. The summed E-state index contributed by atoms with van der Waals surface area (Å²) in [5.74, 6) is -5.81. The molecule has 1 spiro atoms. The van der Waals surface area contributed by atoms with Gasteiger partial charge in [0.05, 0.1) is 23.9 Å². The first kappa shape index (κ1) is 39.9. The Morgan fingerprint density at radius 2 is 1.93 bits per heavy atom. The number of carboxylic acid groups (broad SMARTS) is 1. The van der Waals surface area contributed by atoms with Gasteiger partial charge in [-0.05, 0) is 38.8 Å². The van der Waals surface area contributed by atoms with Crippen LogP contribution in [0.15, 0.2) is 46.6 Å². The number of ether oxygens (including phenoxy) is 2. The maximum absolute atomic E-state index is 14.4. The molecule has 0 saturated carbocycles. The standard InChI is InChI=1S/C34H35F2N6O13P/c1-17-10-34(55-39-17)7-6-18(2)41-14-25(34)42-13-23(30(44)38-11-19-4-5-22(35)9-24(19)36)27(43)28(26(42)31(41)45)52-16-53-33(48)40(3)29-21(15-54-56(49,50)51)8-20(12-37-29)32(46)47/h4-5,8-9,12-13,18,25H,6-7,10-11,14-16H2,1-3H3,(H,38,44)(H,46,47)(H2,49,50,51)/t18-,25+,34-/m0/s1. The van der Waals surface area contributed by atoms with Crippen molar-refractivity contribution in [3.8, 4) is 5.75 Å². The number of benzene rings is 1. The molecule has 1 aromatic carbocycles. The highest BCUT2D eigenvalue weighted by Crippen LogP contribution is 2.46. The number of anilines is 1. The number of phosphoric ester groups is 1. The Morgan fingerprint density at radius 3 is 2.59 bits per heavy atom. The van der Waals surface area contributed by atoms with E-state index in [2.05, 4.69) is 20.0 Å². The molecule has 0 radical (unpaired) electrons. The first-order valence-electron chi connectivity index (χ1n) is 16.9. The van der Waals surface area contributed by atoms with Crippen LogP contribution in [0.25, 0.3) is 0 Å². The minimum atomic E-state index is -5.04. The van der Waals surface area contributed by atoms with Crippen LogP contribution in [0.2, 0.25) is 0 Å². The second-order valence-corrected chi connectivity index (χ2v) is 14.6. The van der Waals surface area contributed by atoms with Gasteiger partial charge >= 0.3 is 19.9 Å². The SMILES string of the molecule is CC1=NO[C@@]2(CC[C@H](C)N3C[C@H]2n2cc(C(=O)NCc4ccc(F)cc4F)c(=O)c(OCOC(=O)N(C)c4ncc(C(=O)O)cc4COP(=O)(O)O)c2C3=O)C1. The van der Waals surface area contributed by atoms with Gasteiger partial charge in [0.1, 0.15) is 23.0 Å². The van der Waals surface area contributed by atoms with Crippen molar-refractivity contribution in [3.63, 3.8) is 0 Å². The first-order valence-corrected chi connectivity index (χ1v) is 18.4. The number of carboxylic acids is 1. The number of hydrogen-bond donors (Lipinski definition) is 4. The number of amides is 3. The van der Waals surface area contributed by atoms with Crippen molar-refractivity contribution in [2.45, 2.75) is 63.9 Å². The van der Waals surface area contributed by atoms with E-state index >= 15 is 0 Å². The van der Waals surface area contributed by atoms with Gasteiger partial charge in [-0.15, -0.1) is 0 Å². The molecular weight excluding hydrogens is 769 g/mol. The van der Waals surface area contributed by atoms with Gasteiger partial charge in [0.25, 0.3) is 11.8 Å². The Labute approximate surface area is 315 Å². The lowest BCUT2D eigenvalue weighted by Gasteiger charge is -2.42. The maximum atomic E-state index is 14.4. The smallest absolute Gasteiger partial charge is 0.469 e. The van der Waals surface area contributed by atoms with Crippen LogP contribution in [0.3, 0.4) is 0 Å². The second kappa shape index (κ2) is 15.4. The maximum Gasteiger partial charge on any atom is 0.469 e. The van der Waals surface area contributed by atoms with Gasteiger partial charge in [0, 0.05) is 62.2 Å². The third-order valence-corrected chi connectivity index (χ3v) is 10.1. The molecule has 3 aliphatic rings. The molecule has 2 aromatic heterocycles. The number of nitrogens with zero attached hydrogens (tertiary/aromatic N) is 5. The Morgan fingerprint density at radius 1 is 1.18 bits per heavy atom. The summed E-state index contributed by atoms with van der Waals surface area (Å²) in [7, 11) is -3.91. The highest BCUT2D eigenvalue weighted by atomic mass is 31.2. The van der Waals surface area contributed by atoms with Crippen LogP contribution in [0.4, 0.5) is 19.4 Å². The van der Waals surface area contributed by atoms with Crippen LogP contribution < -0.4 is 20.4 Å². The number of nitrogens with one attached hydrogen (secondary N) is 1. The third kappa shape index (κ3) is 7.97. The molecule has 1 fully saturated rings. The monoisotopic (exact) mass is 804 g/mol. The topological polar surface area (TPSA) is 249 Å². The fourth-order valence-electron chi connectivity index (χ4n) is 6.85. The molecule has 3 aromatic rings. The van der Waals surface area contributed by atoms with Gasteiger partial charge in [0.15, 0.2) is 11.3 Å². The summed E-state index contributed by atoms with van der Waals surface area (Å²) in [6.07, 6.45) is 2.16. The highest BCUT2D eigenvalue weighted by Gasteiger charge is 2.54. The lowest BCUT2D eigenvalue weighted by Crippen LogP contribution is -2.52. The van der Waals surface area contributed by atoms with E-state index in [1.54, 1.807) is 11.8 Å². The van der Waals surface area contributed by atoms with Crippen molar-refractivity contribution in [2.24, 2.45) is 5.16 Å². The number of pyridine rings is 2. The summed E-state index contributed by atoms with van der Waals surface area (Å²) >= 11 is 0. The molecular formula is C34H35F2N6O13P. The normalized spacial score (nSPS) is 20.1. The summed E-state index contributed by atoms with van der Waals surface area (Å²) in [4.78, 5) is 97.1. The molecule has 1 saturated heterocycles. The van der Waals surface area contributed by atoms with E-state index in [-0.39, 0.29) is 40.8 Å². The van der Waals surface area contributed by atoms with Crippen molar-refractivity contribution in [1.29, 1.82) is 0 Å². The van der Waals surface area contributed by atoms with E-state index in [0.29, 0.717) is 31.0 Å². The molecule has 0 unspecified atom stereocenters. The number of aromatic carboxylic acids is 1. The molecule has 298 valence electrons. The fraction of sp³-hybridized carbons (Fsp3) is 0.382. The number of halogens is 2. The molecule has 3 atom stereocenters. The van der Waals surface area contributed by atoms with E-state index in [9.17, 15) is 42.4 Å². The summed E-state index contributed by atoms with van der Waals surface area (Å²) in [6.45, 7) is 1.38. The Balaban J connectivity index is 1.33. The van der Waals surface area contributed by atoms with E-state index in [0.717, 1.165) is 36.3 Å². The Hall–Kier alpha value is -5.76. The third-order valence-electron chi connectivity index (χ3n) is 9.68. The largest absolute Gasteiger partial charge is 0.478 e. The average Bonchev–Trinajstić information content (AvgIpc) is 3.47. The number of aromatic nitrogens is 2. The number of rotatable bonds is 11. The Bertz CT molecular complexity index is 2270. The van der Waals surface area contributed by atoms with E-state index < -0.39 is 91.7 Å². The van der Waals surface area contributed by atoms with Crippen molar-refractivity contribution in [3.05, 3.63) is 86.5 Å². The van der Waals surface area contributed by atoms with Gasteiger partial charge < -0.3 is 44.0 Å². The zero-order chi connectivity index (χ0) is 40.7. The number of fused-ring (bicyclic) bond motifs is 5. The number of carbonyl (C=O) groups is 4. The highest BCUT2D eigenvalue weighted by molar-refractivity contribution is 7.46. The number of hydrogen-bond acceptors (Lipinski definition) is 12. The predicted octanol–water partition coefficient (Wildman–Crippen LogP) is 3.08. The Kier molecular flexibility index (Phi) is 11.0. The minimum Gasteiger partial charge on any atom is -0.478 e. The number of carbonyl (C=O) groups excluding carboxylic acids is 3. The molecule has 22 heteroatoms. The van der Waals surface area contributed by atoms with Crippen LogP contribution in [0.1, 0.15) is 81.5 Å². The van der Waals surface area contributed by atoms with Gasteiger partial charge in [-0.1, -0.05) is 11.2 Å². The molecule has 56 heavy (non-hydrogen) atoms. The van der Waals surface area contributed by atoms with Crippen molar-refractivity contribution in [2.75, 3.05) is 25.3 Å². The average molecular weight is 805 g/mol. The summed E-state index contributed by atoms with van der Waals surface area (Å²) in [5.41, 5.74) is -2.89. The van der Waals surface area contributed by atoms with Crippen molar-refractivity contribution in [1.82, 2.24) is 19.8 Å². The molecule has 3 aliphatic heterocycles. The van der Waals surface area contributed by atoms with Crippen molar-refractivity contribution >= 4 is 43.2 Å². The van der Waals surface area contributed by atoms with E-state index in [1.165, 1.54) is 10.8 Å². The number of phosphoric acid groups is 1. The molecule has 4 N–H and O–H groups in total. The van der Waals surface area contributed by atoms with Gasteiger partial charge in [-0.25, -0.2) is 27.9 Å². The number of oxime groups is 1. The summed E-state index contributed by atoms with van der Waals surface area (Å²) in [5, 5.41) is 16.0. The summed E-state index contributed by atoms with van der Waals surface area (Å²) in [6, 6.07) is 2.70. The van der Waals surface area contributed by atoms with Gasteiger partial charge in [-0.3, -0.25) is 23.8 Å². The van der Waals surface area contributed by atoms with Gasteiger partial charge in [-0.2, -0.15) is 0 Å². The zero-order valence-electron chi connectivity index (χ0n) is 29.9. The lowest BCUT2D eigenvalue weighted by atomic mass is 9.84. The summed E-state index contributed by atoms with van der Waals surface area (Å²) < 4.78 is 56.1. The van der Waals surface area contributed by atoms with Crippen LogP contribution in [0, 0.1) is 11.6 Å². The van der Waals surface area contributed by atoms with Crippen LogP contribution in [0.5, 0.6) is 5.75 Å². The molecule has 2 bridgehead atoms. The van der Waals surface area contributed by atoms with Crippen LogP contribution >= 0.6 is 7.82 Å². The predicted molar refractivity (Wildman–Crippen MR) is 187 cm³/mol. The molecule has 0 aliphatic carbocycles. The van der Waals surface area contributed by atoms with E-state index in [4.69, 9.17) is 24.1 Å². The lowest BCUT2D eigenvalue weighted by molar-refractivity contribution is -0.0657. The van der Waals surface area contributed by atoms with Crippen molar-refractivity contribution < 1.29 is 66.3 Å². The molecule has 5 heterocycles. The van der Waals surface area contributed by atoms with Crippen LogP contribution in [-0.2, 0) is 31.8 Å². The zero-order valence-corrected chi connectivity index (χ0v) is 30.8. The van der Waals surface area contributed by atoms with Crippen LogP contribution in [-0.4, -0.2) is 91.0 Å². The molecule has 6 rings (SSSR count). The first-order chi connectivity index (χ1) is 26.4. The second-order valence-electron chi connectivity index (χ2n) is 13.4.